The van der Waals surface area contributed by atoms with Crippen molar-refractivity contribution in [3.05, 3.63) is 0 Å². The molecule has 2 bridgehead atoms. The molecule has 4 fully saturated rings. The van der Waals surface area contributed by atoms with Crippen LogP contribution in [0.2, 0.25) is 0 Å². The molecule has 29 heavy (non-hydrogen) atoms. The Balaban J connectivity index is 1.66. The van der Waals surface area contributed by atoms with Crippen LogP contribution in [0, 0.1) is 11.8 Å². The van der Waals surface area contributed by atoms with E-state index < -0.39 is 35.5 Å². The number of ether oxygens (including phenoxy) is 2. The number of rotatable bonds is 6. The van der Waals surface area contributed by atoms with E-state index in [4.69, 9.17) is 9.47 Å². The van der Waals surface area contributed by atoms with Gasteiger partial charge in [-0.1, -0.05) is 19.3 Å². The standard InChI is InChI=1S/C21H32N2O6/c1-3-28-20(27)15-14-9-10-21(29-14)16(15)19(26)23(12(2)11-24)17(21)18(25)22-13-7-5-4-6-8-13/h12-17,24H,3-11H2,1-2H3,(H,22,25)/t12-,14-,15+,16+,17-,21+/m1/s1. The molecule has 6 atom stereocenters. The third-order valence-corrected chi connectivity index (χ3v) is 7.24. The first-order valence-electron chi connectivity index (χ1n) is 11.0. The summed E-state index contributed by atoms with van der Waals surface area (Å²) in [7, 11) is 0. The molecular formula is C21H32N2O6. The summed E-state index contributed by atoms with van der Waals surface area (Å²) in [5.41, 5.74) is -1.01. The van der Waals surface area contributed by atoms with Crippen molar-refractivity contribution in [1.29, 1.82) is 0 Å². The van der Waals surface area contributed by atoms with E-state index in [0.717, 1.165) is 25.7 Å². The molecule has 0 aromatic carbocycles. The number of hydrogen-bond donors (Lipinski definition) is 2. The monoisotopic (exact) mass is 408 g/mol. The molecule has 3 aliphatic heterocycles. The lowest BCUT2D eigenvalue weighted by atomic mass is 9.70. The van der Waals surface area contributed by atoms with Crippen molar-refractivity contribution in [2.45, 2.75) is 88.6 Å². The third-order valence-electron chi connectivity index (χ3n) is 7.24. The van der Waals surface area contributed by atoms with Crippen LogP contribution in [0.4, 0.5) is 0 Å². The highest BCUT2D eigenvalue weighted by Crippen LogP contribution is 2.58. The van der Waals surface area contributed by atoms with E-state index in [-0.39, 0.29) is 37.2 Å². The average molecular weight is 408 g/mol. The third kappa shape index (κ3) is 3.15. The molecule has 0 unspecified atom stereocenters. The van der Waals surface area contributed by atoms with Crippen molar-refractivity contribution in [2.75, 3.05) is 13.2 Å². The Morgan fingerprint density at radius 1 is 1.31 bits per heavy atom. The minimum Gasteiger partial charge on any atom is -0.466 e. The van der Waals surface area contributed by atoms with Gasteiger partial charge in [-0.25, -0.2) is 0 Å². The molecule has 1 aliphatic carbocycles. The molecule has 2 N–H and O–H groups in total. The van der Waals surface area contributed by atoms with Gasteiger partial charge in [-0.15, -0.1) is 0 Å². The summed E-state index contributed by atoms with van der Waals surface area (Å²) in [6.07, 6.45) is 6.02. The molecule has 1 spiro atoms. The fourth-order valence-corrected chi connectivity index (χ4v) is 5.99. The Morgan fingerprint density at radius 3 is 2.69 bits per heavy atom. The van der Waals surface area contributed by atoms with Crippen molar-refractivity contribution in [3.63, 3.8) is 0 Å². The number of esters is 1. The van der Waals surface area contributed by atoms with Crippen LogP contribution in [0.3, 0.4) is 0 Å². The highest BCUT2D eigenvalue weighted by atomic mass is 16.6. The van der Waals surface area contributed by atoms with Gasteiger partial charge in [0.2, 0.25) is 11.8 Å². The van der Waals surface area contributed by atoms with Gasteiger partial charge in [0.1, 0.15) is 11.6 Å². The summed E-state index contributed by atoms with van der Waals surface area (Å²) in [6.45, 7) is 3.44. The number of fused-ring (bicyclic) bond motifs is 1. The fraction of sp³-hybridized carbons (Fsp3) is 0.857. The van der Waals surface area contributed by atoms with Crippen LogP contribution < -0.4 is 5.32 Å². The van der Waals surface area contributed by atoms with Gasteiger partial charge in [0, 0.05) is 6.04 Å². The van der Waals surface area contributed by atoms with Gasteiger partial charge < -0.3 is 24.8 Å². The van der Waals surface area contributed by atoms with Gasteiger partial charge in [-0.05, 0) is 39.5 Å². The molecule has 0 aromatic rings. The normalized spacial score (nSPS) is 37.5. The largest absolute Gasteiger partial charge is 0.466 e. The van der Waals surface area contributed by atoms with Gasteiger partial charge in [0.25, 0.3) is 0 Å². The Labute approximate surface area is 171 Å². The lowest BCUT2D eigenvalue weighted by molar-refractivity contribution is -0.155. The van der Waals surface area contributed by atoms with Crippen LogP contribution in [-0.4, -0.2) is 70.8 Å². The zero-order chi connectivity index (χ0) is 20.8. The average Bonchev–Trinajstić information content (AvgIpc) is 3.35. The number of likely N-dealkylation sites (tertiary alicyclic amines) is 1. The predicted molar refractivity (Wildman–Crippen MR) is 103 cm³/mol. The molecule has 162 valence electrons. The highest BCUT2D eigenvalue weighted by Gasteiger charge is 2.75. The van der Waals surface area contributed by atoms with E-state index in [1.165, 1.54) is 11.3 Å². The number of aliphatic hydroxyl groups is 1. The molecule has 2 amide bonds. The Hall–Kier alpha value is -1.67. The van der Waals surface area contributed by atoms with Crippen LogP contribution in [0.1, 0.15) is 58.8 Å². The first-order valence-corrected chi connectivity index (χ1v) is 11.0. The zero-order valence-electron chi connectivity index (χ0n) is 17.3. The van der Waals surface area contributed by atoms with E-state index >= 15 is 0 Å². The Bertz CT molecular complexity index is 678. The molecule has 4 rings (SSSR count). The maximum atomic E-state index is 13.4. The quantitative estimate of drug-likeness (QED) is 0.629. The number of nitrogens with one attached hydrogen (secondary N) is 1. The van der Waals surface area contributed by atoms with Crippen molar-refractivity contribution >= 4 is 17.8 Å². The second kappa shape index (κ2) is 7.87. The molecule has 0 aromatic heterocycles. The lowest BCUT2D eigenvalue weighted by Gasteiger charge is -2.36. The van der Waals surface area contributed by atoms with Crippen LogP contribution in [-0.2, 0) is 23.9 Å². The minimum atomic E-state index is -1.01. The summed E-state index contributed by atoms with van der Waals surface area (Å²) >= 11 is 0. The SMILES string of the molecule is CCOC(=O)[C@@H]1[C@H]2C(=O)N([C@H](C)CO)[C@H](C(=O)NC3CCCCC3)[C@]23CC[C@H]1O3. The van der Waals surface area contributed by atoms with E-state index in [9.17, 15) is 19.5 Å². The topological polar surface area (TPSA) is 105 Å². The Morgan fingerprint density at radius 2 is 2.03 bits per heavy atom. The minimum absolute atomic E-state index is 0.104. The van der Waals surface area contributed by atoms with Gasteiger partial charge in [-0.3, -0.25) is 14.4 Å². The van der Waals surface area contributed by atoms with E-state index in [2.05, 4.69) is 5.32 Å². The highest BCUT2D eigenvalue weighted by molar-refractivity contribution is 5.98. The number of carbonyl (C=O) groups excluding carboxylic acids is 3. The molecule has 8 nitrogen and oxygen atoms in total. The zero-order valence-corrected chi connectivity index (χ0v) is 17.3. The van der Waals surface area contributed by atoms with Crippen molar-refractivity contribution in [3.8, 4) is 0 Å². The number of amides is 2. The van der Waals surface area contributed by atoms with Gasteiger partial charge in [-0.2, -0.15) is 0 Å². The molecular weight excluding hydrogens is 376 g/mol. The summed E-state index contributed by atoms with van der Waals surface area (Å²) in [4.78, 5) is 41.0. The lowest BCUT2D eigenvalue weighted by Crippen LogP contribution is -2.58. The van der Waals surface area contributed by atoms with Crippen molar-refractivity contribution < 1.29 is 29.0 Å². The molecule has 0 radical (unpaired) electrons. The van der Waals surface area contributed by atoms with Gasteiger partial charge in [0.05, 0.1) is 37.2 Å². The first kappa shape index (κ1) is 20.6. The molecule has 1 saturated carbocycles. The second-order valence-electron chi connectivity index (χ2n) is 8.93. The summed E-state index contributed by atoms with van der Waals surface area (Å²) in [5.74, 6) is -2.34. The molecule has 4 aliphatic rings. The number of carbonyl (C=O) groups is 3. The first-order chi connectivity index (χ1) is 13.9. The van der Waals surface area contributed by atoms with Crippen molar-refractivity contribution in [2.24, 2.45) is 11.8 Å². The van der Waals surface area contributed by atoms with Crippen LogP contribution in [0.5, 0.6) is 0 Å². The molecule has 3 saturated heterocycles. The predicted octanol–water partition coefficient (Wildman–Crippen LogP) is 0.754. The van der Waals surface area contributed by atoms with Crippen molar-refractivity contribution in [1.82, 2.24) is 10.2 Å². The van der Waals surface area contributed by atoms with Gasteiger partial charge in [0.15, 0.2) is 0 Å². The molecule has 3 heterocycles. The van der Waals surface area contributed by atoms with E-state index in [1.807, 2.05) is 0 Å². The molecule has 8 heteroatoms. The summed E-state index contributed by atoms with van der Waals surface area (Å²) in [6, 6.07) is -1.25. The number of nitrogens with zero attached hydrogens (tertiary/aromatic N) is 1. The van der Waals surface area contributed by atoms with E-state index in [1.54, 1.807) is 13.8 Å². The second-order valence-corrected chi connectivity index (χ2v) is 8.93. The fourth-order valence-electron chi connectivity index (χ4n) is 5.99. The summed E-state index contributed by atoms with van der Waals surface area (Å²) < 4.78 is 11.5. The maximum absolute atomic E-state index is 13.4. The Kier molecular flexibility index (Phi) is 5.59. The number of hydrogen-bond acceptors (Lipinski definition) is 6. The van der Waals surface area contributed by atoms with Crippen LogP contribution in [0.25, 0.3) is 0 Å². The van der Waals surface area contributed by atoms with Crippen LogP contribution >= 0.6 is 0 Å². The maximum Gasteiger partial charge on any atom is 0.312 e. The van der Waals surface area contributed by atoms with E-state index in [0.29, 0.717) is 12.8 Å². The van der Waals surface area contributed by atoms with Crippen LogP contribution in [0.15, 0.2) is 0 Å². The summed E-state index contributed by atoms with van der Waals surface area (Å²) in [5, 5.41) is 12.9. The smallest absolute Gasteiger partial charge is 0.312 e. The van der Waals surface area contributed by atoms with Gasteiger partial charge >= 0.3 is 5.97 Å². The number of aliphatic hydroxyl groups excluding tert-OH is 1.